The fourth-order valence-corrected chi connectivity index (χ4v) is 2.89. The zero-order chi connectivity index (χ0) is 13.5. The molecular weight excluding hydrogens is 236 g/mol. The Kier molecular flexibility index (Phi) is 15.7. The van der Waals surface area contributed by atoms with Crippen LogP contribution in [0.15, 0.2) is 0 Å². The maximum Gasteiger partial charge on any atom is -0.00979 e. The summed E-state index contributed by atoms with van der Waals surface area (Å²) in [4.78, 5) is 0. The Morgan fingerprint density at radius 2 is 1.17 bits per heavy atom. The molecule has 18 heavy (non-hydrogen) atoms. The van der Waals surface area contributed by atoms with E-state index in [0.29, 0.717) is 0 Å². The number of hydrogen-bond donors (Lipinski definition) is 1. The first-order valence-corrected chi connectivity index (χ1v) is 9.09. The zero-order valence-corrected chi connectivity index (χ0v) is 13.8. The minimum atomic E-state index is 1.01. The van der Waals surface area contributed by atoms with Crippen LogP contribution in [0.4, 0.5) is 0 Å². The van der Waals surface area contributed by atoms with E-state index >= 15 is 0 Å². The summed E-state index contributed by atoms with van der Waals surface area (Å²) in [7, 11) is 0. The highest BCUT2D eigenvalue weighted by molar-refractivity contribution is 7.80. The molecule has 0 aliphatic rings. The summed E-state index contributed by atoms with van der Waals surface area (Å²) in [6.07, 6.45) is 18.6. The molecule has 1 atom stereocenters. The van der Waals surface area contributed by atoms with Crippen LogP contribution in [0, 0.1) is 5.92 Å². The van der Waals surface area contributed by atoms with Crippen molar-refractivity contribution >= 4 is 12.6 Å². The maximum absolute atomic E-state index is 4.26. The first-order chi connectivity index (χ1) is 8.85. The van der Waals surface area contributed by atoms with Crippen LogP contribution in [0.1, 0.15) is 97.3 Å². The molecule has 0 fully saturated rings. The van der Waals surface area contributed by atoms with Gasteiger partial charge in [0.25, 0.3) is 0 Å². The van der Waals surface area contributed by atoms with Crippen LogP contribution in [0.25, 0.3) is 0 Å². The minimum absolute atomic E-state index is 1.01. The van der Waals surface area contributed by atoms with Gasteiger partial charge in [0.05, 0.1) is 0 Å². The molecule has 0 aromatic rings. The molecule has 0 heterocycles. The highest BCUT2D eigenvalue weighted by atomic mass is 32.1. The lowest BCUT2D eigenvalue weighted by molar-refractivity contribution is 0.394. The summed E-state index contributed by atoms with van der Waals surface area (Å²) < 4.78 is 0. The van der Waals surface area contributed by atoms with Crippen molar-refractivity contribution in [2.24, 2.45) is 5.92 Å². The SMILES string of the molecule is CCCCCCCCC(CC)CCCCCCS. The standard InChI is InChI=1S/C17H36S/c1-3-5-6-7-8-11-14-17(4-2)15-12-9-10-13-16-18/h17-18H,3-16H2,1-2H3. The molecule has 110 valence electrons. The summed E-state index contributed by atoms with van der Waals surface area (Å²) in [6, 6.07) is 0. The number of unbranched alkanes of at least 4 members (excludes halogenated alkanes) is 8. The topological polar surface area (TPSA) is 0 Å². The molecule has 0 saturated heterocycles. The summed E-state index contributed by atoms with van der Waals surface area (Å²) in [5.74, 6) is 2.07. The van der Waals surface area contributed by atoms with Crippen molar-refractivity contribution in [2.45, 2.75) is 97.3 Å². The largest absolute Gasteiger partial charge is 0.179 e. The molecule has 0 spiro atoms. The highest BCUT2D eigenvalue weighted by Gasteiger charge is 2.05. The second-order valence-corrected chi connectivity index (χ2v) is 6.20. The molecule has 0 nitrogen and oxygen atoms in total. The molecule has 0 rings (SSSR count). The van der Waals surface area contributed by atoms with E-state index in [1.165, 1.54) is 83.5 Å². The van der Waals surface area contributed by atoms with E-state index in [1.54, 1.807) is 0 Å². The van der Waals surface area contributed by atoms with E-state index in [2.05, 4.69) is 26.5 Å². The fraction of sp³-hybridized carbons (Fsp3) is 1.00. The van der Waals surface area contributed by atoms with Gasteiger partial charge in [0.1, 0.15) is 0 Å². The van der Waals surface area contributed by atoms with Gasteiger partial charge in [-0.05, 0) is 18.1 Å². The summed E-state index contributed by atoms with van der Waals surface area (Å²) in [6.45, 7) is 4.66. The van der Waals surface area contributed by atoms with E-state index < -0.39 is 0 Å². The fourth-order valence-electron chi connectivity index (χ4n) is 2.66. The van der Waals surface area contributed by atoms with Crippen LogP contribution in [-0.4, -0.2) is 5.75 Å². The Bertz CT molecular complexity index is 145. The van der Waals surface area contributed by atoms with Gasteiger partial charge in [-0.15, -0.1) is 0 Å². The molecular formula is C17H36S. The van der Waals surface area contributed by atoms with E-state index in [0.717, 1.165) is 11.7 Å². The van der Waals surface area contributed by atoms with Crippen molar-refractivity contribution in [1.29, 1.82) is 0 Å². The Balaban J connectivity index is 3.29. The van der Waals surface area contributed by atoms with E-state index in [4.69, 9.17) is 0 Å². The summed E-state index contributed by atoms with van der Waals surface area (Å²) in [5.41, 5.74) is 0. The zero-order valence-electron chi connectivity index (χ0n) is 12.9. The molecule has 0 radical (unpaired) electrons. The smallest absolute Gasteiger partial charge is 0.00979 e. The second kappa shape index (κ2) is 15.4. The molecule has 0 aliphatic heterocycles. The predicted molar refractivity (Wildman–Crippen MR) is 88.7 cm³/mol. The lowest BCUT2D eigenvalue weighted by Crippen LogP contribution is -1.99. The van der Waals surface area contributed by atoms with Gasteiger partial charge in [-0.2, -0.15) is 12.6 Å². The predicted octanol–water partition coefficient (Wildman–Crippen LogP) is 6.64. The van der Waals surface area contributed by atoms with Gasteiger partial charge >= 0.3 is 0 Å². The van der Waals surface area contributed by atoms with Gasteiger partial charge in [0.2, 0.25) is 0 Å². The molecule has 0 N–H and O–H groups in total. The number of rotatable bonds is 14. The minimum Gasteiger partial charge on any atom is -0.179 e. The summed E-state index contributed by atoms with van der Waals surface area (Å²) >= 11 is 4.26. The third-order valence-corrected chi connectivity index (χ3v) is 4.38. The van der Waals surface area contributed by atoms with Crippen LogP contribution in [-0.2, 0) is 0 Å². The van der Waals surface area contributed by atoms with Gasteiger partial charge in [-0.25, -0.2) is 0 Å². The Morgan fingerprint density at radius 1 is 0.667 bits per heavy atom. The third-order valence-electron chi connectivity index (χ3n) is 4.06. The monoisotopic (exact) mass is 272 g/mol. The first kappa shape index (κ1) is 18.4. The molecule has 1 unspecified atom stereocenters. The van der Waals surface area contributed by atoms with Gasteiger partial charge in [-0.3, -0.25) is 0 Å². The normalized spacial score (nSPS) is 12.8. The average molecular weight is 273 g/mol. The first-order valence-electron chi connectivity index (χ1n) is 8.46. The van der Waals surface area contributed by atoms with Crippen molar-refractivity contribution < 1.29 is 0 Å². The summed E-state index contributed by atoms with van der Waals surface area (Å²) in [5, 5.41) is 0. The molecule has 0 aromatic carbocycles. The Morgan fingerprint density at radius 3 is 1.67 bits per heavy atom. The quantitative estimate of drug-likeness (QED) is 0.266. The van der Waals surface area contributed by atoms with Crippen molar-refractivity contribution in [2.75, 3.05) is 5.75 Å². The third kappa shape index (κ3) is 12.8. The number of thiol groups is 1. The van der Waals surface area contributed by atoms with Crippen LogP contribution < -0.4 is 0 Å². The van der Waals surface area contributed by atoms with Crippen molar-refractivity contribution in [1.82, 2.24) is 0 Å². The van der Waals surface area contributed by atoms with Crippen molar-refractivity contribution in [3.8, 4) is 0 Å². The maximum atomic E-state index is 4.26. The van der Waals surface area contributed by atoms with Gasteiger partial charge in [0.15, 0.2) is 0 Å². The highest BCUT2D eigenvalue weighted by Crippen LogP contribution is 2.21. The lowest BCUT2D eigenvalue weighted by atomic mass is 9.92. The average Bonchev–Trinajstić information content (AvgIpc) is 2.40. The number of hydrogen-bond acceptors (Lipinski definition) is 1. The molecule has 0 aromatic heterocycles. The molecule has 0 saturated carbocycles. The van der Waals surface area contributed by atoms with Crippen molar-refractivity contribution in [3.63, 3.8) is 0 Å². The van der Waals surface area contributed by atoms with Crippen molar-refractivity contribution in [3.05, 3.63) is 0 Å². The van der Waals surface area contributed by atoms with E-state index in [9.17, 15) is 0 Å². The van der Waals surface area contributed by atoms with Crippen LogP contribution >= 0.6 is 12.6 Å². The van der Waals surface area contributed by atoms with Crippen LogP contribution in [0.2, 0.25) is 0 Å². The van der Waals surface area contributed by atoms with Crippen LogP contribution in [0.3, 0.4) is 0 Å². The lowest BCUT2D eigenvalue weighted by Gasteiger charge is -2.14. The van der Waals surface area contributed by atoms with E-state index in [1.807, 2.05) is 0 Å². The molecule has 0 bridgehead atoms. The molecule has 1 heteroatoms. The Labute approximate surface area is 122 Å². The second-order valence-electron chi connectivity index (χ2n) is 5.76. The van der Waals surface area contributed by atoms with Gasteiger partial charge < -0.3 is 0 Å². The molecule has 0 amide bonds. The molecule has 0 aliphatic carbocycles. The Hall–Kier alpha value is 0.350. The van der Waals surface area contributed by atoms with Crippen LogP contribution in [0.5, 0.6) is 0 Å². The van der Waals surface area contributed by atoms with Gasteiger partial charge in [0, 0.05) is 0 Å². The van der Waals surface area contributed by atoms with Gasteiger partial charge in [-0.1, -0.05) is 90.9 Å². The van der Waals surface area contributed by atoms with E-state index in [-0.39, 0.29) is 0 Å².